The van der Waals surface area contributed by atoms with E-state index in [4.69, 9.17) is 0 Å². The Labute approximate surface area is 113 Å². The van der Waals surface area contributed by atoms with Crippen LogP contribution in [0.3, 0.4) is 0 Å². The average molecular weight is 340 g/mol. The number of hydrogen-bond acceptors (Lipinski definition) is 1. The Morgan fingerprint density at radius 1 is 1.00 bits per heavy atom. The molecule has 95 valence electrons. The summed E-state index contributed by atoms with van der Waals surface area (Å²) in [6.45, 7) is 4.49. The first-order valence-electron chi connectivity index (χ1n) is 6.87. The maximum atomic E-state index is 10.5. The third-order valence-corrected chi connectivity index (χ3v) is 12.0. The van der Waals surface area contributed by atoms with Gasteiger partial charge in [-0.3, -0.25) is 0 Å². The normalized spacial score (nSPS) is 12.9. The molecule has 1 rings (SSSR count). The number of rotatable bonds is 8. The summed E-state index contributed by atoms with van der Waals surface area (Å²) in [6.07, 6.45) is 5.14. The number of unbranched alkanes of at least 4 members (excludes halogenated alkanes) is 2. The van der Waals surface area contributed by atoms with E-state index in [1.54, 1.807) is 0 Å². The van der Waals surface area contributed by atoms with Gasteiger partial charge in [-0.15, -0.1) is 0 Å². The molecular formula is C15H25OSn. The fraction of sp³-hybridized carbons (Fsp3) is 0.600. The van der Waals surface area contributed by atoms with Gasteiger partial charge in [0.15, 0.2) is 0 Å². The van der Waals surface area contributed by atoms with Crippen LogP contribution in [0.4, 0.5) is 0 Å². The fourth-order valence-corrected chi connectivity index (χ4v) is 10.9. The second-order valence-corrected chi connectivity index (χ2v) is 12.9. The van der Waals surface area contributed by atoms with Crippen LogP contribution >= 0.6 is 0 Å². The summed E-state index contributed by atoms with van der Waals surface area (Å²) in [5.74, 6) is 0. The van der Waals surface area contributed by atoms with Crippen LogP contribution in [-0.2, 0) is 0 Å². The molecule has 1 unspecified atom stereocenters. The molecule has 0 saturated heterocycles. The molecule has 0 saturated carbocycles. The topological polar surface area (TPSA) is 20.2 Å². The molecule has 0 spiro atoms. The van der Waals surface area contributed by atoms with E-state index in [1.807, 2.05) is 18.2 Å². The maximum absolute atomic E-state index is 10.5. The predicted molar refractivity (Wildman–Crippen MR) is 76.6 cm³/mol. The molecule has 17 heavy (non-hydrogen) atoms. The standard InChI is InChI=1S/C7H7O.2C4H9.Sn/c8-6-7-4-2-1-3-5-7;2*1-3-4-2;/h1-6,8H;2*1,3-4H2,2H3;. The van der Waals surface area contributed by atoms with E-state index >= 15 is 0 Å². The number of hydrogen-bond donors (Lipinski definition) is 1. The SMILES string of the molecule is CCC[CH2][Sn]([CH2]CCC)[CH](O)c1ccccc1. The third kappa shape index (κ3) is 5.43. The summed E-state index contributed by atoms with van der Waals surface area (Å²) < 4.78 is 2.60. The molecular weight excluding hydrogens is 315 g/mol. The van der Waals surface area contributed by atoms with Gasteiger partial charge in [-0.1, -0.05) is 0 Å². The van der Waals surface area contributed by atoms with Crippen molar-refractivity contribution >= 4 is 19.8 Å². The molecule has 0 amide bonds. The number of aliphatic hydroxyl groups excluding tert-OH is 1. The Balaban J connectivity index is 2.61. The van der Waals surface area contributed by atoms with Gasteiger partial charge in [-0.05, 0) is 0 Å². The van der Waals surface area contributed by atoms with Crippen LogP contribution in [0.2, 0.25) is 8.87 Å². The van der Waals surface area contributed by atoms with Crippen LogP contribution in [0.1, 0.15) is 49.2 Å². The molecule has 2 heteroatoms. The quantitative estimate of drug-likeness (QED) is 0.698. The zero-order valence-electron chi connectivity index (χ0n) is 11.2. The van der Waals surface area contributed by atoms with Crippen LogP contribution in [0, 0.1) is 0 Å². The second-order valence-electron chi connectivity index (χ2n) is 4.68. The molecule has 1 radical (unpaired) electrons. The van der Waals surface area contributed by atoms with Gasteiger partial charge in [-0.25, -0.2) is 0 Å². The van der Waals surface area contributed by atoms with Crippen molar-refractivity contribution in [3.8, 4) is 0 Å². The van der Waals surface area contributed by atoms with Crippen molar-refractivity contribution in [2.75, 3.05) is 0 Å². The van der Waals surface area contributed by atoms with Crippen LogP contribution in [0.15, 0.2) is 30.3 Å². The van der Waals surface area contributed by atoms with Crippen molar-refractivity contribution in [1.29, 1.82) is 0 Å². The first-order chi connectivity index (χ1) is 8.29. The molecule has 1 aromatic carbocycles. The molecule has 0 aromatic heterocycles. The number of aliphatic hydroxyl groups is 1. The first kappa shape index (κ1) is 15.0. The minimum atomic E-state index is -1.64. The summed E-state index contributed by atoms with van der Waals surface area (Å²) >= 11 is -1.64. The summed E-state index contributed by atoms with van der Waals surface area (Å²) in [6, 6.07) is 10.3. The van der Waals surface area contributed by atoms with Gasteiger partial charge in [0, 0.05) is 0 Å². The summed E-state index contributed by atoms with van der Waals surface area (Å²) in [5, 5.41) is 10.5. The van der Waals surface area contributed by atoms with Crippen LogP contribution in [-0.4, -0.2) is 24.9 Å². The Morgan fingerprint density at radius 3 is 2.00 bits per heavy atom. The molecule has 1 nitrogen and oxygen atoms in total. The van der Waals surface area contributed by atoms with E-state index in [0.717, 1.165) is 5.56 Å². The van der Waals surface area contributed by atoms with Gasteiger partial charge >= 0.3 is 113 Å². The molecule has 0 aliphatic rings. The van der Waals surface area contributed by atoms with Crippen LogP contribution in [0.5, 0.6) is 0 Å². The molecule has 0 fully saturated rings. The second kappa shape index (κ2) is 8.98. The number of benzene rings is 1. The summed E-state index contributed by atoms with van der Waals surface area (Å²) in [4.78, 5) is 0. The molecule has 0 aliphatic carbocycles. The van der Waals surface area contributed by atoms with E-state index in [-0.39, 0.29) is 4.12 Å². The van der Waals surface area contributed by atoms with Gasteiger partial charge < -0.3 is 0 Å². The van der Waals surface area contributed by atoms with Crippen molar-refractivity contribution in [3.05, 3.63) is 35.9 Å². The van der Waals surface area contributed by atoms with Gasteiger partial charge in [-0.2, -0.15) is 0 Å². The average Bonchev–Trinajstić information content (AvgIpc) is 2.39. The zero-order chi connectivity index (χ0) is 12.5. The Kier molecular flexibility index (Phi) is 7.94. The van der Waals surface area contributed by atoms with Gasteiger partial charge in [0.1, 0.15) is 0 Å². The Hall–Kier alpha value is -0.0213. The summed E-state index contributed by atoms with van der Waals surface area (Å²) in [7, 11) is 0. The van der Waals surface area contributed by atoms with Crippen molar-refractivity contribution in [1.82, 2.24) is 0 Å². The fourth-order valence-electron chi connectivity index (χ4n) is 2.08. The molecule has 0 bridgehead atoms. The van der Waals surface area contributed by atoms with Gasteiger partial charge in [0.2, 0.25) is 0 Å². The third-order valence-electron chi connectivity index (χ3n) is 3.20. The molecule has 0 aliphatic heterocycles. The van der Waals surface area contributed by atoms with Crippen molar-refractivity contribution in [3.63, 3.8) is 0 Å². The summed E-state index contributed by atoms with van der Waals surface area (Å²) in [5.41, 5.74) is 1.16. The Morgan fingerprint density at radius 2 is 1.53 bits per heavy atom. The Bertz CT molecular complexity index is 278. The van der Waals surface area contributed by atoms with Crippen molar-refractivity contribution in [2.24, 2.45) is 0 Å². The predicted octanol–water partition coefficient (Wildman–Crippen LogP) is 4.35. The van der Waals surface area contributed by atoms with Crippen molar-refractivity contribution < 1.29 is 5.11 Å². The van der Waals surface area contributed by atoms with Gasteiger partial charge in [0.25, 0.3) is 0 Å². The van der Waals surface area contributed by atoms with Crippen LogP contribution in [0.25, 0.3) is 0 Å². The van der Waals surface area contributed by atoms with E-state index < -0.39 is 19.8 Å². The first-order valence-corrected chi connectivity index (χ1v) is 12.6. The van der Waals surface area contributed by atoms with Gasteiger partial charge in [0.05, 0.1) is 0 Å². The zero-order valence-corrected chi connectivity index (χ0v) is 14.0. The van der Waals surface area contributed by atoms with Crippen molar-refractivity contribution in [2.45, 2.75) is 52.5 Å². The van der Waals surface area contributed by atoms with E-state index in [0.29, 0.717) is 0 Å². The van der Waals surface area contributed by atoms with E-state index in [2.05, 4.69) is 26.0 Å². The minimum absolute atomic E-state index is 0.0864. The van der Waals surface area contributed by atoms with Crippen LogP contribution < -0.4 is 0 Å². The molecule has 1 N–H and O–H groups in total. The molecule has 1 atom stereocenters. The molecule has 0 heterocycles. The van der Waals surface area contributed by atoms with E-state index in [1.165, 1.54) is 34.6 Å². The monoisotopic (exact) mass is 341 g/mol. The molecule has 1 aromatic rings. The van der Waals surface area contributed by atoms with E-state index in [9.17, 15) is 5.11 Å².